The Balaban J connectivity index is 2.29. The average molecular weight is 215 g/mol. The Morgan fingerprint density at radius 3 is 2.81 bits per heavy atom. The molecule has 2 aromatic rings. The topological polar surface area (TPSA) is 77.6 Å². The van der Waals surface area contributed by atoms with Gasteiger partial charge < -0.3 is 5.73 Å². The molecule has 0 bridgehead atoms. The molecule has 0 saturated carbocycles. The molecule has 5 nitrogen and oxygen atoms in total. The van der Waals surface area contributed by atoms with Crippen molar-refractivity contribution in [2.45, 2.75) is 19.4 Å². The Morgan fingerprint density at radius 2 is 2.12 bits per heavy atom. The summed E-state index contributed by atoms with van der Waals surface area (Å²) in [6, 6.07) is 3.74. The summed E-state index contributed by atoms with van der Waals surface area (Å²) in [6.45, 7) is 1.95. The highest BCUT2D eigenvalue weighted by Gasteiger charge is 2.04. The van der Waals surface area contributed by atoms with Gasteiger partial charge in [-0.25, -0.2) is 19.9 Å². The van der Waals surface area contributed by atoms with Gasteiger partial charge in [-0.05, 0) is 19.1 Å². The maximum absolute atomic E-state index is 5.73. The highest BCUT2D eigenvalue weighted by molar-refractivity contribution is 5.47. The van der Waals surface area contributed by atoms with Gasteiger partial charge in [0.25, 0.3) is 0 Å². The lowest BCUT2D eigenvalue weighted by molar-refractivity contribution is 0.720. The molecule has 2 aromatic heterocycles. The van der Waals surface area contributed by atoms with E-state index in [1.54, 1.807) is 18.5 Å². The molecule has 16 heavy (non-hydrogen) atoms. The van der Waals surface area contributed by atoms with Crippen LogP contribution in [0.2, 0.25) is 0 Å². The van der Waals surface area contributed by atoms with E-state index >= 15 is 0 Å². The number of hydrogen-bond acceptors (Lipinski definition) is 5. The number of rotatable bonds is 3. The van der Waals surface area contributed by atoms with Crippen LogP contribution in [0.4, 0.5) is 0 Å². The zero-order valence-electron chi connectivity index (χ0n) is 9.04. The molecule has 0 aromatic carbocycles. The van der Waals surface area contributed by atoms with Crippen LogP contribution in [0, 0.1) is 0 Å². The molecule has 0 amide bonds. The Labute approximate surface area is 93.8 Å². The third kappa shape index (κ3) is 2.58. The summed E-state index contributed by atoms with van der Waals surface area (Å²) in [4.78, 5) is 16.5. The van der Waals surface area contributed by atoms with E-state index in [1.165, 1.54) is 6.33 Å². The zero-order chi connectivity index (χ0) is 11.4. The molecule has 0 radical (unpaired) electrons. The predicted octanol–water partition coefficient (Wildman–Crippen LogP) is 0.823. The van der Waals surface area contributed by atoms with Crippen molar-refractivity contribution in [1.82, 2.24) is 19.9 Å². The van der Waals surface area contributed by atoms with Crippen molar-refractivity contribution < 1.29 is 0 Å². The van der Waals surface area contributed by atoms with Gasteiger partial charge >= 0.3 is 0 Å². The lowest BCUT2D eigenvalue weighted by Crippen LogP contribution is -2.18. The highest BCUT2D eigenvalue weighted by Crippen LogP contribution is 2.10. The van der Waals surface area contributed by atoms with Crippen LogP contribution >= 0.6 is 0 Å². The molecule has 2 heterocycles. The molecule has 0 aliphatic carbocycles. The monoisotopic (exact) mass is 215 g/mol. The number of aromatic nitrogens is 4. The van der Waals surface area contributed by atoms with Gasteiger partial charge in [0, 0.05) is 30.6 Å². The van der Waals surface area contributed by atoms with Crippen molar-refractivity contribution in [2.75, 3.05) is 0 Å². The summed E-state index contributed by atoms with van der Waals surface area (Å²) in [5.41, 5.74) is 7.38. The summed E-state index contributed by atoms with van der Waals surface area (Å²) in [7, 11) is 0. The summed E-state index contributed by atoms with van der Waals surface area (Å²) in [5.74, 6) is 0.612. The largest absolute Gasteiger partial charge is 0.328 e. The second-order valence-corrected chi connectivity index (χ2v) is 3.65. The summed E-state index contributed by atoms with van der Waals surface area (Å²) >= 11 is 0. The maximum atomic E-state index is 5.73. The molecule has 0 spiro atoms. The van der Waals surface area contributed by atoms with Gasteiger partial charge in [-0.1, -0.05) is 0 Å². The van der Waals surface area contributed by atoms with Gasteiger partial charge in [0.15, 0.2) is 5.82 Å². The molecular formula is C11H13N5. The molecule has 0 saturated heterocycles. The predicted molar refractivity (Wildman–Crippen MR) is 60.4 cm³/mol. The van der Waals surface area contributed by atoms with Crippen molar-refractivity contribution in [3.63, 3.8) is 0 Å². The fourth-order valence-electron chi connectivity index (χ4n) is 1.39. The molecule has 5 heteroatoms. The Bertz CT molecular complexity index is 455. The second kappa shape index (κ2) is 4.76. The van der Waals surface area contributed by atoms with E-state index in [0.29, 0.717) is 5.82 Å². The fourth-order valence-corrected chi connectivity index (χ4v) is 1.39. The fraction of sp³-hybridized carbons (Fsp3) is 0.273. The van der Waals surface area contributed by atoms with Gasteiger partial charge in [0.05, 0.1) is 0 Å². The number of nitrogens with zero attached hydrogens (tertiary/aromatic N) is 4. The van der Waals surface area contributed by atoms with E-state index in [4.69, 9.17) is 5.73 Å². The first-order valence-electron chi connectivity index (χ1n) is 5.09. The van der Waals surface area contributed by atoms with Gasteiger partial charge in [-0.15, -0.1) is 0 Å². The van der Waals surface area contributed by atoms with Crippen molar-refractivity contribution in [3.05, 3.63) is 36.5 Å². The first-order chi connectivity index (χ1) is 7.75. The van der Waals surface area contributed by atoms with E-state index in [2.05, 4.69) is 19.9 Å². The van der Waals surface area contributed by atoms with Gasteiger partial charge in [-0.2, -0.15) is 0 Å². The Morgan fingerprint density at radius 1 is 1.25 bits per heavy atom. The summed E-state index contributed by atoms with van der Waals surface area (Å²) < 4.78 is 0. The lowest BCUT2D eigenvalue weighted by atomic mass is 10.2. The molecule has 2 rings (SSSR count). The minimum absolute atomic E-state index is 0.0909. The molecular weight excluding hydrogens is 202 g/mol. The second-order valence-electron chi connectivity index (χ2n) is 3.65. The number of hydrogen-bond donors (Lipinski definition) is 1. The molecule has 2 N–H and O–H groups in total. The van der Waals surface area contributed by atoms with E-state index in [9.17, 15) is 0 Å². The quantitative estimate of drug-likeness (QED) is 0.820. The van der Waals surface area contributed by atoms with Crippen LogP contribution in [0.3, 0.4) is 0 Å². The first-order valence-corrected chi connectivity index (χ1v) is 5.09. The van der Waals surface area contributed by atoms with Crippen molar-refractivity contribution in [2.24, 2.45) is 5.73 Å². The van der Waals surface area contributed by atoms with Gasteiger partial charge in [-0.3, -0.25) is 0 Å². The molecule has 0 aliphatic rings. The van der Waals surface area contributed by atoms with Crippen LogP contribution in [0.15, 0.2) is 30.9 Å². The van der Waals surface area contributed by atoms with Gasteiger partial charge in [0.1, 0.15) is 12.0 Å². The van der Waals surface area contributed by atoms with Crippen LogP contribution in [-0.2, 0) is 6.42 Å². The van der Waals surface area contributed by atoms with Crippen LogP contribution in [0.1, 0.15) is 12.6 Å². The highest BCUT2D eigenvalue weighted by atomic mass is 14.9. The van der Waals surface area contributed by atoms with Crippen LogP contribution in [0.5, 0.6) is 0 Å². The lowest BCUT2D eigenvalue weighted by Gasteiger charge is -2.05. The molecule has 82 valence electrons. The minimum Gasteiger partial charge on any atom is -0.328 e. The zero-order valence-corrected chi connectivity index (χ0v) is 9.04. The molecule has 0 fully saturated rings. The number of nitrogens with two attached hydrogens (primary N) is 1. The molecule has 1 unspecified atom stereocenters. The normalized spacial score (nSPS) is 12.4. The standard InChI is InChI=1S/C11H13N5/c1-8(12)6-9-2-5-14-11(16-9)10-3-4-13-7-15-10/h2-5,7-8H,6,12H2,1H3. The van der Waals surface area contributed by atoms with Crippen molar-refractivity contribution >= 4 is 0 Å². The Hall–Kier alpha value is -1.88. The minimum atomic E-state index is 0.0909. The van der Waals surface area contributed by atoms with E-state index < -0.39 is 0 Å². The van der Waals surface area contributed by atoms with E-state index in [1.807, 2.05) is 13.0 Å². The van der Waals surface area contributed by atoms with Crippen molar-refractivity contribution in [1.29, 1.82) is 0 Å². The molecule has 1 atom stereocenters. The maximum Gasteiger partial charge on any atom is 0.178 e. The Kier molecular flexibility index (Phi) is 3.16. The molecule has 0 aliphatic heterocycles. The summed E-state index contributed by atoms with van der Waals surface area (Å²) in [6.07, 6.45) is 5.61. The third-order valence-corrected chi connectivity index (χ3v) is 2.06. The van der Waals surface area contributed by atoms with Crippen LogP contribution in [0.25, 0.3) is 11.5 Å². The van der Waals surface area contributed by atoms with Crippen LogP contribution in [-0.4, -0.2) is 26.0 Å². The van der Waals surface area contributed by atoms with E-state index in [-0.39, 0.29) is 6.04 Å². The summed E-state index contributed by atoms with van der Waals surface area (Å²) in [5, 5.41) is 0. The van der Waals surface area contributed by atoms with Gasteiger partial charge in [0.2, 0.25) is 0 Å². The van der Waals surface area contributed by atoms with E-state index in [0.717, 1.165) is 17.8 Å². The average Bonchev–Trinajstić information content (AvgIpc) is 2.30. The van der Waals surface area contributed by atoms with Crippen molar-refractivity contribution in [3.8, 4) is 11.5 Å². The SMILES string of the molecule is CC(N)Cc1ccnc(-c2ccncn2)n1. The smallest absolute Gasteiger partial charge is 0.178 e. The van der Waals surface area contributed by atoms with Crippen LogP contribution < -0.4 is 5.73 Å². The first kappa shape index (κ1) is 10.6. The third-order valence-electron chi connectivity index (χ3n) is 2.06.